The molecule has 1 saturated heterocycles. The van der Waals surface area contributed by atoms with Crippen molar-refractivity contribution in [1.82, 2.24) is 14.9 Å². The molecule has 0 spiro atoms. The van der Waals surface area contributed by atoms with Gasteiger partial charge in [-0.1, -0.05) is 0 Å². The second-order valence-electron chi connectivity index (χ2n) is 4.78. The number of amides is 1. The summed E-state index contributed by atoms with van der Waals surface area (Å²) in [4.78, 5) is 21.1. The van der Waals surface area contributed by atoms with Crippen LogP contribution >= 0.6 is 11.6 Å². The lowest BCUT2D eigenvalue weighted by Crippen LogP contribution is -2.30. The molecule has 0 radical (unpaired) electrons. The Labute approximate surface area is 122 Å². The fourth-order valence-electron chi connectivity index (χ4n) is 2.51. The molecule has 2 N–H and O–H groups in total. The van der Waals surface area contributed by atoms with Crippen LogP contribution < -0.4 is 5.32 Å². The van der Waals surface area contributed by atoms with Gasteiger partial charge in [-0.2, -0.15) is 4.98 Å². The molecule has 1 fully saturated rings. The lowest BCUT2D eigenvalue weighted by molar-refractivity contribution is 0.155. The number of fused-ring (bicyclic) bond motifs is 1. The van der Waals surface area contributed by atoms with E-state index in [1.54, 1.807) is 0 Å². The van der Waals surface area contributed by atoms with Crippen LogP contribution in [0.2, 0.25) is 5.28 Å². The third-order valence-electron chi connectivity index (χ3n) is 3.46. The topological polar surface area (TPSA) is 95.4 Å². The highest BCUT2D eigenvalue weighted by molar-refractivity contribution is 7.85. The van der Waals surface area contributed by atoms with Crippen molar-refractivity contribution < 1.29 is 14.1 Å². The second kappa shape index (κ2) is 5.17. The third kappa shape index (κ3) is 2.45. The fraction of sp³-hybridized carbons (Fsp3) is 0.545. The van der Waals surface area contributed by atoms with E-state index in [0.717, 1.165) is 5.69 Å². The van der Waals surface area contributed by atoms with Crippen molar-refractivity contribution in [3.05, 3.63) is 11.0 Å². The first-order chi connectivity index (χ1) is 9.54. The van der Waals surface area contributed by atoms with Crippen molar-refractivity contribution in [2.45, 2.75) is 23.8 Å². The summed E-state index contributed by atoms with van der Waals surface area (Å²) in [7, 11) is -1.11. The Morgan fingerprint density at radius 2 is 2.30 bits per heavy atom. The van der Waals surface area contributed by atoms with Gasteiger partial charge in [-0.05, 0) is 18.0 Å². The minimum atomic E-state index is -1.11. The van der Waals surface area contributed by atoms with E-state index in [9.17, 15) is 9.00 Å². The molecule has 20 heavy (non-hydrogen) atoms. The number of aromatic nitrogens is 2. The van der Waals surface area contributed by atoms with Crippen molar-refractivity contribution in [1.29, 1.82) is 0 Å². The van der Waals surface area contributed by atoms with Gasteiger partial charge < -0.3 is 15.3 Å². The van der Waals surface area contributed by atoms with Gasteiger partial charge in [-0.15, -0.1) is 0 Å². The molecule has 1 aromatic rings. The van der Waals surface area contributed by atoms with Gasteiger partial charge in [0.1, 0.15) is 10.7 Å². The summed E-state index contributed by atoms with van der Waals surface area (Å²) >= 11 is 5.88. The average Bonchev–Trinajstić information content (AvgIpc) is 2.97. The molecule has 0 bridgehead atoms. The first-order valence-corrected chi connectivity index (χ1v) is 7.93. The Balaban J connectivity index is 1.82. The lowest BCUT2D eigenvalue weighted by atomic mass is 10.2. The first-order valence-electron chi connectivity index (χ1n) is 6.24. The molecule has 2 atom stereocenters. The molecule has 0 unspecified atom stereocenters. The van der Waals surface area contributed by atoms with Crippen molar-refractivity contribution in [3.63, 3.8) is 0 Å². The van der Waals surface area contributed by atoms with E-state index in [1.165, 1.54) is 4.90 Å². The fourth-order valence-corrected chi connectivity index (χ4v) is 4.01. The highest BCUT2D eigenvalue weighted by Crippen LogP contribution is 2.30. The van der Waals surface area contributed by atoms with Crippen molar-refractivity contribution in [3.8, 4) is 0 Å². The summed E-state index contributed by atoms with van der Waals surface area (Å²) in [5.74, 6) is 1.01. The summed E-state index contributed by atoms with van der Waals surface area (Å²) in [6, 6.07) is -0.0428. The van der Waals surface area contributed by atoms with Gasteiger partial charge >= 0.3 is 6.09 Å². The van der Waals surface area contributed by atoms with E-state index < -0.39 is 16.9 Å². The molecule has 0 aliphatic carbocycles. The number of carboxylic acid groups (broad SMARTS) is 1. The predicted molar refractivity (Wildman–Crippen MR) is 73.6 cm³/mol. The standard InChI is InChI=1S/C11H13ClN4O3S/c12-10-14-7-2-4-20(19)8(7)9(15-10)13-6-1-3-16(5-6)11(17)18/h6H,1-5H2,(H,17,18)(H,13,14,15)/t6-,20-/m1/s1. The van der Waals surface area contributed by atoms with Crippen LogP contribution in [0.25, 0.3) is 0 Å². The summed E-state index contributed by atoms with van der Waals surface area (Å²) in [6.45, 7) is 0.870. The minimum Gasteiger partial charge on any atom is -0.465 e. The number of rotatable bonds is 2. The van der Waals surface area contributed by atoms with Gasteiger partial charge in [0.05, 0.1) is 16.5 Å². The van der Waals surface area contributed by atoms with Crippen LogP contribution in [0.5, 0.6) is 0 Å². The SMILES string of the molecule is O=C(O)N1CC[C@@H](Nc2nc(Cl)nc3c2[S@](=O)CC3)C1. The maximum Gasteiger partial charge on any atom is 0.407 e. The Morgan fingerprint density at radius 1 is 1.50 bits per heavy atom. The molecule has 9 heteroatoms. The number of hydrogen-bond donors (Lipinski definition) is 2. The molecule has 2 aliphatic rings. The van der Waals surface area contributed by atoms with Crippen LogP contribution in [0, 0.1) is 0 Å². The third-order valence-corrected chi connectivity index (χ3v) is 5.09. The van der Waals surface area contributed by atoms with Crippen molar-refractivity contribution >= 4 is 34.3 Å². The first kappa shape index (κ1) is 13.6. The summed E-state index contributed by atoms with van der Waals surface area (Å²) in [5, 5.41) is 12.2. The van der Waals surface area contributed by atoms with E-state index in [0.29, 0.717) is 42.4 Å². The van der Waals surface area contributed by atoms with E-state index in [1.807, 2.05) is 0 Å². The monoisotopic (exact) mass is 316 g/mol. The molecular weight excluding hydrogens is 304 g/mol. The van der Waals surface area contributed by atoms with E-state index in [2.05, 4.69) is 15.3 Å². The Morgan fingerprint density at radius 3 is 3.00 bits per heavy atom. The van der Waals surface area contributed by atoms with E-state index in [4.69, 9.17) is 16.7 Å². The number of likely N-dealkylation sites (tertiary alicyclic amines) is 1. The van der Waals surface area contributed by atoms with E-state index >= 15 is 0 Å². The van der Waals surface area contributed by atoms with Crippen LogP contribution in [-0.2, 0) is 17.2 Å². The number of nitrogens with one attached hydrogen (secondary N) is 1. The number of carbonyl (C=O) groups is 1. The minimum absolute atomic E-state index is 0.0428. The summed E-state index contributed by atoms with van der Waals surface area (Å²) in [5.41, 5.74) is 0.721. The predicted octanol–water partition coefficient (Wildman–Crippen LogP) is 0.958. The van der Waals surface area contributed by atoms with Gasteiger partial charge in [0, 0.05) is 31.3 Å². The van der Waals surface area contributed by atoms with Crippen molar-refractivity contribution in [2.75, 3.05) is 24.2 Å². The normalized spacial score (nSPS) is 24.8. The van der Waals surface area contributed by atoms with Crippen LogP contribution in [0.15, 0.2) is 4.90 Å². The zero-order valence-corrected chi connectivity index (χ0v) is 12.1. The highest BCUT2D eigenvalue weighted by atomic mass is 35.5. The second-order valence-corrected chi connectivity index (χ2v) is 6.62. The van der Waals surface area contributed by atoms with Crippen molar-refractivity contribution in [2.24, 2.45) is 0 Å². The van der Waals surface area contributed by atoms with Crippen LogP contribution in [0.4, 0.5) is 10.6 Å². The molecule has 7 nitrogen and oxygen atoms in total. The maximum absolute atomic E-state index is 12.0. The van der Waals surface area contributed by atoms with Crippen LogP contribution in [0.1, 0.15) is 12.1 Å². The average molecular weight is 317 g/mol. The van der Waals surface area contributed by atoms with Crippen LogP contribution in [0.3, 0.4) is 0 Å². The number of aryl methyl sites for hydroxylation is 1. The molecule has 108 valence electrons. The summed E-state index contributed by atoms with van der Waals surface area (Å²) in [6.07, 6.45) is 0.393. The molecule has 3 heterocycles. The van der Waals surface area contributed by atoms with Gasteiger partial charge in [-0.3, -0.25) is 4.21 Å². The number of hydrogen-bond acceptors (Lipinski definition) is 5. The van der Waals surface area contributed by atoms with Gasteiger partial charge in [-0.25, -0.2) is 9.78 Å². The van der Waals surface area contributed by atoms with Gasteiger partial charge in [0.25, 0.3) is 0 Å². The molecule has 0 aromatic carbocycles. The molecule has 1 aromatic heterocycles. The smallest absolute Gasteiger partial charge is 0.407 e. The molecule has 0 saturated carbocycles. The largest absolute Gasteiger partial charge is 0.465 e. The molecule has 2 aliphatic heterocycles. The number of halogens is 1. The lowest BCUT2D eigenvalue weighted by Gasteiger charge is -2.16. The quantitative estimate of drug-likeness (QED) is 0.789. The summed E-state index contributed by atoms with van der Waals surface area (Å²) < 4.78 is 12.0. The van der Waals surface area contributed by atoms with E-state index in [-0.39, 0.29) is 11.3 Å². The number of nitrogens with zero attached hydrogens (tertiary/aromatic N) is 3. The maximum atomic E-state index is 12.0. The van der Waals surface area contributed by atoms with Gasteiger partial charge in [0.15, 0.2) is 0 Å². The molecule has 1 amide bonds. The molecule has 3 rings (SSSR count). The highest BCUT2D eigenvalue weighted by Gasteiger charge is 2.30. The Hall–Kier alpha value is -1.41. The van der Waals surface area contributed by atoms with Gasteiger partial charge in [0.2, 0.25) is 5.28 Å². The Kier molecular flexibility index (Phi) is 3.51. The zero-order valence-electron chi connectivity index (χ0n) is 10.5. The van der Waals surface area contributed by atoms with Crippen LogP contribution in [-0.4, -0.2) is 55.2 Å². The zero-order chi connectivity index (χ0) is 14.3. The molecular formula is C11H13ClN4O3S. The Bertz CT molecular complexity index is 597. The number of anilines is 1.